The van der Waals surface area contributed by atoms with E-state index in [4.69, 9.17) is 9.40 Å². The van der Waals surface area contributed by atoms with Gasteiger partial charge in [-0.05, 0) is 88.1 Å². The van der Waals surface area contributed by atoms with E-state index < -0.39 is 0 Å². The van der Waals surface area contributed by atoms with Crippen molar-refractivity contribution in [2.45, 2.75) is 0 Å². The molecule has 0 aliphatic carbocycles. The lowest BCUT2D eigenvalue weighted by atomic mass is 10.0. The summed E-state index contributed by atoms with van der Waals surface area (Å²) in [6.45, 7) is 0. The molecular formula is C41H28N2O. The molecule has 208 valence electrons. The van der Waals surface area contributed by atoms with E-state index in [1.54, 1.807) is 0 Å². The zero-order chi connectivity index (χ0) is 29.3. The lowest BCUT2D eigenvalue weighted by Crippen LogP contribution is -2.09. The Bertz CT molecular complexity index is 2200. The number of aromatic nitrogens is 1. The van der Waals surface area contributed by atoms with Gasteiger partial charge in [0.25, 0.3) is 0 Å². The van der Waals surface area contributed by atoms with Gasteiger partial charge in [-0.2, -0.15) is 0 Å². The molecule has 44 heavy (non-hydrogen) atoms. The second kappa shape index (κ2) is 11.0. The summed E-state index contributed by atoms with van der Waals surface area (Å²) < 4.78 is 6.31. The monoisotopic (exact) mass is 564 g/mol. The van der Waals surface area contributed by atoms with Crippen LogP contribution in [0.15, 0.2) is 174 Å². The fraction of sp³-hybridized carbons (Fsp3) is 0. The molecule has 1 aromatic heterocycles. The molecule has 0 saturated carbocycles. The van der Waals surface area contributed by atoms with Crippen molar-refractivity contribution in [3.63, 3.8) is 0 Å². The molecular weight excluding hydrogens is 536 g/mol. The molecule has 0 fully saturated rings. The first-order valence-corrected chi connectivity index (χ1v) is 14.8. The number of hydrogen-bond acceptors (Lipinski definition) is 3. The van der Waals surface area contributed by atoms with Crippen molar-refractivity contribution >= 4 is 38.9 Å². The highest BCUT2D eigenvalue weighted by Crippen LogP contribution is 2.38. The van der Waals surface area contributed by atoms with Crippen LogP contribution < -0.4 is 4.90 Å². The fourth-order valence-electron chi connectivity index (χ4n) is 5.87. The Morgan fingerprint density at radius 3 is 1.73 bits per heavy atom. The van der Waals surface area contributed by atoms with Crippen molar-refractivity contribution < 1.29 is 4.42 Å². The Labute approximate surface area is 256 Å². The van der Waals surface area contributed by atoms with Crippen LogP contribution in [0, 0.1) is 0 Å². The van der Waals surface area contributed by atoms with Gasteiger partial charge in [0.1, 0.15) is 5.52 Å². The maximum atomic E-state index is 6.31. The third-order valence-corrected chi connectivity index (χ3v) is 8.09. The highest BCUT2D eigenvalue weighted by molar-refractivity contribution is 5.92. The molecule has 3 heteroatoms. The molecule has 0 unspecified atom stereocenters. The average molecular weight is 565 g/mol. The molecule has 0 radical (unpaired) electrons. The van der Waals surface area contributed by atoms with E-state index in [0.717, 1.165) is 44.9 Å². The number of benzene rings is 7. The molecule has 0 aliphatic heterocycles. The molecule has 0 atom stereocenters. The first-order chi connectivity index (χ1) is 21.8. The van der Waals surface area contributed by atoms with Crippen LogP contribution in [-0.4, -0.2) is 4.98 Å². The zero-order valence-corrected chi connectivity index (χ0v) is 24.0. The first kappa shape index (κ1) is 25.8. The van der Waals surface area contributed by atoms with Crippen molar-refractivity contribution in [2.75, 3.05) is 4.90 Å². The number of para-hydroxylation sites is 2. The Hall–Kier alpha value is -5.93. The summed E-state index contributed by atoms with van der Waals surface area (Å²) in [5.41, 5.74) is 10.4. The Morgan fingerprint density at radius 1 is 0.409 bits per heavy atom. The van der Waals surface area contributed by atoms with E-state index in [9.17, 15) is 0 Å². The van der Waals surface area contributed by atoms with E-state index in [-0.39, 0.29) is 0 Å². The smallest absolute Gasteiger partial charge is 0.227 e. The minimum Gasteiger partial charge on any atom is -0.435 e. The third-order valence-electron chi connectivity index (χ3n) is 8.09. The van der Waals surface area contributed by atoms with Crippen LogP contribution in [0.2, 0.25) is 0 Å². The first-order valence-electron chi connectivity index (χ1n) is 14.8. The number of fused-ring (bicyclic) bond motifs is 2. The van der Waals surface area contributed by atoms with Gasteiger partial charge in [-0.25, -0.2) is 4.98 Å². The molecule has 8 aromatic rings. The number of hydrogen-bond donors (Lipinski definition) is 0. The summed E-state index contributed by atoms with van der Waals surface area (Å²) in [7, 11) is 0. The Kier molecular flexibility index (Phi) is 6.47. The normalized spacial score (nSPS) is 11.2. The SMILES string of the molecule is c1ccc(-c2nc3cccc(-c4ccc(N(c5ccccc5)c5ccc(-c6ccc7ccccc7c6)cc5)cc4)c3o2)cc1. The molecule has 1 heterocycles. The Morgan fingerprint density at radius 2 is 1.00 bits per heavy atom. The highest BCUT2D eigenvalue weighted by Gasteiger charge is 2.16. The van der Waals surface area contributed by atoms with E-state index in [1.807, 2.05) is 42.5 Å². The van der Waals surface area contributed by atoms with E-state index >= 15 is 0 Å². The predicted octanol–water partition coefficient (Wildman–Crippen LogP) is 11.5. The van der Waals surface area contributed by atoms with Crippen molar-refractivity contribution in [3.05, 3.63) is 170 Å². The van der Waals surface area contributed by atoms with Crippen molar-refractivity contribution in [2.24, 2.45) is 0 Å². The maximum Gasteiger partial charge on any atom is 0.227 e. The lowest BCUT2D eigenvalue weighted by molar-refractivity contribution is 0.621. The molecule has 3 nitrogen and oxygen atoms in total. The van der Waals surface area contributed by atoms with Gasteiger partial charge in [0.2, 0.25) is 5.89 Å². The number of oxazole rings is 1. The minimum absolute atomic E-state index is 0.632. The molecule has 0 bridgehead atoms. The lowest BCUT2D eigenvalue weighted by Gasteiger charge is -2.26. The molecule has 0 N–H and O–H groups in total. The van der Waals surface area contributed by atoms with Gasteiger partial charge in [0.15, 0.2) is 5.58 Å². The maximum absolute atomic E-state index is 6.31. The fourth-order valence-corrected chi connectivity index (χ4v) is 5.87. The molecule has 0 spiro atoms. The molecule has 0 saturated heterocycles. The summed E-state index contributed by atoms with van der Waals surface area (Å²) in [6, 6.07) is 59.3. The quantitative estimate of drug-likeness (QED) is 0.201. The summed E-state index contributed by atoms with van der Waals surface area (Å²) in [6.07, 6.45) is 0. The summed E-state index contributed by atoms with van der Waals surface area (Å²) in [4.78, 5) is 7.05. The third kappa shape index (κ3) is 4.81. The van der Waals surface area contributed by atoms with Gasteiger partial charge < -0.3 is 9.32 Å². The average Bonchev–Trinajstić information content (AvgIpc) is 3.55. The molecule has 7 aromatic carbocycles. The van der Waals surface area contributed by atoms with Crippen LogP contribution in [0.25, 0.3) is 55.6 Å². The predicted molar refractivity (Wildman–Crippen MR) is 183 cm³/mol. The topological polar surface area (TPSA) is 29.3 Å². The van der Waals surface area contributed by atoms with E-state index in [1.165, 1.54) is 21.9 Å². The van der Waals surface area contributed by atoms with Gasteiger partial charge in [-0.3, -0.25) is 0 Å². The zero-order valence-electron chi connectivity index (χ0n) is 24.0. The van der Waals surface area contributed by atoms with Crippen LogP contribution in [-0.2, 0) is 0 Å². The summed E-state index contributed by atoms with van der Waals surface area (Å²) >= 11 is 0. The second-order valence-electron chi connectivity index (χ2n) is 10.9. The van der Waals surface area contributed by atoms with Crippen molar-refractivity contribution in [3.8, 4) is 33.7 Å². The molecule has 8 rings (SSSR count). The second-order valence-corrected chi connectivity index (χ2v) is 10.9. The summed E-state index contributed by atoms with van der Waals surface area (Å²) in [5, 5.41) is 2.50. The van der Waals surface area contributed by atoms with Crippen molar-refractivity contribution in [1.82, 2.24) is 4.98 Å². The minimum atomic E-state index is 0.632. The van der Waals surface area contributed by atoms with Gasteiger partial charge in [-0.1, -0.05) is 109 Å². The van der Waals surface area contributed by atoms with Crippen LogP contribution in [0.4, 0.5) is 17.1 Å². The van der Waals surface area contributed by atoms with E-state index in [2.05, 4.69) is 132 Å². The van der Waals surface area contributed by atoms with Crippen LogP contribution in [0.3, 0.4) is 0 Å². The van der Waals surface area contributed by atoms with Crippen LogP contribution >= 0.6 is 0 Å². The molecule has 0 amide bonds. The van der Waals surface area contributed by atoms with Gasteiger partial charge in [0.05, 0.1) is 0 Å². The number of rotatable bonds is 6. The Balaban J connectivity index is 1.14. The summed E-state index contributed by atoms with van der Waals surface area (Å²) in [5.74, 6) is 0.632. The van der Waals surface area contributed by atoms with E-state index in [0.29, 0.717) is 5.89 Å². The van der Waals surface area contributed by atoms with Crippen LogP contribution in [0.5, 0.6) is 0 Å². The number of nitrogens with zero attached hydrogens (tertiary/aromatic N) is 2. The molecule has 0 aliphatic rings. The van der Waals surface area contributed by atoms with Gasteiger partial charge in [-0.15, -0.1) is 0 Å². The highest BCUT2D eigenvalue weighted by atomic mass is 16.3. The van der Waals surface area contributed by atoms with Gasteiger partial charge >= 0.3 is 0 Å². The van der Waals surface area contributed by atoms with Crippen LogP contribution in [0.1, 0.15) is 0 Å². The largest absolute Gasteiger partial charge is 0.435 e. The van der Waals surface area contributed by atoms with Gasteiger partial charge in [0, 0.05) is 28.2 Å². The van der Waals surface area contributed by atoms with Crippen molar-refractivity contribution in [1.29, 1.82) is 0 Å². The standard InChI is InChI=1S/C41H28N2O/c1-3-11-32(12-4-1)41-42-39-17-9-16-38(40(39)44-41)31-22-26-37(27-23-31)43(35-14-5-2-6-15-35)36-24-20-30(21-25-36)34-19-18-29-10-7-8-13-33(29)28-34/h1-28H. The number of anilines is 3.